The van der Waals surface area contributed by atoms with Gasteiger partial charge in [-0.25, -0.2) is 4.98 Å². The summed E-state index contributed by atoms with van der Waals surface area (Å²) in [5.74, 6) is -4.35. The van der Waals surface area contributed by atoms with E-state index < -0.39 is 18.4 Å². The van der Waals surface area contributed by atoms with Crippen LogP contribution in [0.25, 0.3) is 0 Å². The standard InChI is InChI=1S/C27H29F2N7O3/c1-35-21-15-32-26(34-23(21)36(19-8-3-4-9-19)16-27(28,29)25(35)38)33-20-11-10-17(13-22(20)39-2)24(37)31-14-18-7-5-6-12-30-18/h5-7,10-13,15,19H,3-4,8-9,14,16H2,1-2H3,(H,31,37)(H,32,33,34). The van der Waals surface area contributed by atoms with Gasteiger partial charge in [-0.05, 0) is 43.2 Å². The molecule has 2 aromatic heterocycles. The number of ether oxygens (including phenoxy) is 1. The second-order valence-electron chi connectivity index (χ2n) is 9.58. The fraction of sp³-hybridized carbons (Fsp3) is 0.370. The van der Waals surface area contributed by atoms with Gasteiger partial charge in [0.2, 0.25) is 5.95 Å². The molecule has 3 heterocycles. The number of nitrogens with one attached hydrogen (secondary N) is 2. The number of nitrogens with zero attached hydrogens (tertiary/aromatic N) is 5. The van der Waals surface area contributed by atoms with Gasteiger partial charge in [0.25, 0.3) is 11.8 Å². The molecule has 1 aliphatic heterocycles. The first-order chi connectivity index (χ1) is 18.8. The van der Waals surface area contributed by atoms with Crippen molar-refractivity contribution in [2.75, 3.05) is 35.8 Å². The summed E-state index contributed by atoms with van der Waals surface area (Å²) in [4.78, 5) is 40.7. The zero-order valence-corrected chi connectivity index (χ0v) is 21.7. The number of carbonyl (C=O) groups is 2. The summed E-state index contributed by atoms with van der Waals surface area (Å²) in [5.41, 5.74) is 1.82. The number of pyridine rings is 1. The Morgan fingerprint density at radius 1 is 1.18 bits per heavy atom. The number of fused-ring (bicyclic) bond motifs is 1. The van der Waals surface area contributed by atoms with E-state index >= 15 is 0 Å². The van der Waals surface area contributed by atoms with Crippen molar-refractivity contribution in [1.29, 1.82) is 0 Å². The Balaban J connectivity index is 1.40. The van der Waals surface area contributed by atoms with Crippen molar-refractivity contribution in [2.45, 2.75) is 44.2 Å². The summed E-state index contributed by atoms with van der Waals surface area (Å²) in [5, 5.41) is 5.89. The number of hydrogen-bond acceptors (Lipinski definition) is 8. The predicted molar refractivity (Wildman–Crippen MR) is 142 cm³/mol. The maximum Gasteiger partial charge on any atom is 0.342 e. The number of rotatable bonds is 7. The van der Waals surface area contributed by atoms with Crippen LogP contribution in [0.5, 0.6) is 5.75 Å². The van der Waals surface area contributed by atoms with Crippen LogP contribution in [-0.2, 0) is 11.3 Å². The maximum absolute atomic E-state index is 14.8. The van der Waals surface area contributed by atoms with E-state index in [0.717, 1.165) is 36.3 Å². The first kappa shape index (κ1) is 26.3. The molecule has 2 N–H and O–H groups in total. The lowest BCUT2D eigenvalue weighted by atomic mass is 10.1. The lowest BCUT2D eigenvalue weighted by Gasteiger charge is -2.31. The zero-order valence-electron chi connectivity index (χ0n) is 21.7. The Hall–Kier alpha value is -4.35. The molecule has 2 aliphatic rings. The summed E-state index contributed by atoms with van der Waals surface area (Å²) in [6.07, 6.45) is 6.39. The van der Waals surface area contributed by atoms with E-state index in [-0.39, 0.29) is 35.9 Å². The highest BCUT2D eigenvalue weighted by Crippen LogP contribution is 2.40. The van der Waals surface area contributed by atoms with E-state index in [1.807, 2.05) is 12.1 Å². The largest absolute Gasteiger partial charge is 0.495 e. The molecule has 2 amide bonds. The van der Waals surface area contributed by atoms with Crippen LogP contribution in [0.3, 0.4) is 0 Å². The van der Waals surface area contributed by atoms with Gasteiger partial charge in [0.05, 0.1) is 37.8 Å². The first-order valence-electron chi connectivity index (χ1n) is 12.7. The molecule has 0 saturated heterocycles. The molecule has 1 aliphatic carbocycles. The quantitative estimate of drug-likeness (QED) is 0.467. The van der Waals surface area contributed by atoms with Crippen LogP contribution in [0.15, 0.2) is 48.8 Å². The molecule has 0 spiro atoms. The molecule has 3 aromatic rings. The van der Waals surface area contributed by atoms with Crippen LogP contribution in [0, 0.1) is 0 Å². The normalized spacial score (nSPS) is 17.0. The number of anilines is 4. The van der Waals surface area contributed by atoms with Crippen LogP contribution in [0.4, 0.5) is 31.9 Å². The summed E-state index contributed by atoms with van der Waals surface area (Å²) >= 11 is 0. The summed E-state index contributed by atoms with van der Waals surface area (Å²) in [6.45, 7) is -0.464. The molecule has 204 valence electrons. The third-order valence-electron chi connectivity index (χ3n) is 7.00. The van der Waals surface area contributed by atoms with Gasteiger partial charge in [-0.2, -0.15) is 13.8 Å². The molecular formula is C27H29F2N7O3. The van der Waals surface area contributed by atoms with E-state index in [9.17, 15) is 18.4 Å². The minimum Gasteiger partial charge on any atom is -0.495 e. The Bertz CT molecular complexity index is 1370. The van der Waals surface area contributed by atoms with Crippen molar-refractivity contribution in [3.8, 4) is 5.75 Å². The third kappa shape index (κ3) is 5.45. The van der Waals surface area contributed by atoms with Gasteiger partial charge in [-0.15, -0.1) is 0 Å². The zero-order chi connectivity index (χ0) is 27.6. The van der Waals surface area contributed by atoms with Crippen molar-refractivity contribution in [1.82, 2.24) is 20.3 Å². The monoisotopic (exact) mass is 537 g/mol. The SMILES string of the molecule is COc1cc(C(=O)NCc2ccccn2)ccc1Nc1ncc2c(n1)N(C1CCCC1)CC(F)(F)C(=O)N2C. The van der Waals surface area contributed by atoms with E-state index in [1.54, 1.807) is 35.4 Å². The minimum atomic E-state index is -3.55. The average molecular weight is 538 g/mol. The molecule has 12 heteroatoms. The molecule has 1 saturated carbocycles. The van der Waals surface area contributed by atoms with Crippen molar-refractivity contribution in [2.24, 2.45) is 0 Å². The molecule has 39 heavy (non-hydrogen) atoms. The van der Waals surface area contributed by atoms with Gasteiger partial charge in [0.1, 0.15) is 11.4 Å². The number of alkyl halides is 2. The highest BCUT2D eigenvalue weighted by molar-refractivity contribution is 6.02. The van der Waals surface area contributed by atoms with Gasteiger partial charge < -0.3 is 25.2 Å². The molecule has 1 aromatic carbocycles. The first-order valence-corrected chi connectivity index (χ1v) is 12.7. The van der Waals surface area contributed by atoms with Crippen LogP contribution >= 0.6 is 0 Å². The van der Waals surface area contributed by atoms with Crippen LogP contribution < -0.4 is 25.2 Å². The van der Waals surface area contributed by atoms with Crippen molar-refractivity contribution >= 4 is 35.0 Å². The van der Waals surface area contributed by atoms with Gasteiger partial charge in [-0.3, -0.25) is 14.6 Å². The van der Waals surface area contributed by atoms with E-state index in [2.05, 4.69) is 25.6 Å². The van der Waals surface area contributed by atoms with Crippen LogP contribution in [0.2, 0.25) is 0 Å². The number of aromatic nitrogens is 3. The van der Waals surface area contributed by atoms with Gasteiger partial charge in [0.15, 0.2) is 5.82 Å². The molecular weight excluding hydrogens is 508 g/mol. The number of benzene rings is 1. The molecule has 5 rings (SSSR count). The van der Waals surface area contributed by atoms with Crippen molar-refractivity contribution < 1.29 is 23.1 Å². The van der Waals surface area contributed by atoms with Crippen molar-refractivity contribution in [3.63, 3.8) is 0 Å². The summed E-state index contributed by atoms with van der Waals surface area (Å²) in [6, 6.07) is 10.2. The number of halogens is 2. The molecule has 0 unspecified atom stereocenters. The highest BCUT2D eigenvalue weighted by Gasteiger charge is 2.48. The molecule has 0 atom stereocenters. The summed E-state index contributed by atoms with van der Waals surface area (Å²) in [7, 11) is 2.78. The second kappa shape index (κ2) is 10.8. The molecule has 0 bridgehead atoms. The Kier molecular flexibility index (Phi) is 7.27. The lowest BCUT2D eigenvalue weighted by Crippen LogP contribution is -2.48. The van der Waals surface area contributed by atoms with E-state index in [1.165, 1.54) is 20.4 Å². The fourth-order valence-corrected chi connectivity index (χ4v) is 4.94. The Morgan fingerprint density at radius 2 is 1.97 bits per heavy atom. The Labute approximate surface area is 224 Å². The topological polar surface area (TPSA) is 113 Å². The van der Waals surface area contributed by atoms with Gasteiger partial charge in [-0.1, -0.05) is 18.9 Å². The lowest BCUT2D eigenvalue weighted by molar-refractivity contribution is -0.140. The second-order valence-corrected chi connectivity index (χ2v) is 9.58. The van der Waals surface area contributed by atoms with Gasteiger partial charge in [0, 0.05) is 24.8 Å². The van der Waals surface area contributed by atoms with E-state index in [0.29, 0.717) is 17.0 Å². The average Bonchev–Trinajstić information content (AvgIpc) is 3.47. The molecule has 1 fully saturated rings. The molecule has 0 radical (unpaired) electrons. The van der Waals surface area contributed by atoms with E-state index in [4.69, 9.17) is 4.74 Å². The number of carbonyl (C=O) groups excluding carboxylic acids is 2. The number of hydrogen-bond donors (Lipinski definition) is 2. The smallest absolute Gasteiger partial charge is 0.342 e. The Morgan fingerprint density at radius 3 is 2.69 bits per heavy atom. The van der Waals surface area contributed by atoms with Crippen LogP contribution in [-0.4, -0.2) is 59.4 Å². The predicted octanol–water partition coefficient (Wildman–Crippen LogP) is 3.91. The highest BCUT2D eigenvalue weighted by atomic mass is 19.3. The minimum absolute atomic E-state index is 0.143. The summed E-state index contributed by atoms with van der Waals surface area (Å²) < 4.78 is 35.1. The number of amides is 2. The van der Waals surface area contributed by atoms with Gasteiger partial charge >= 0.3 is 5.92 Å². The maximum atomic E-state index is 14.8. The molecule has 10 nitrogen and oxygen atoms in total. The fourth-order valence-electron chi connectivity index (χ4n) is 4.94. The van der Waals surface area contributed by atoms with Crippen LogP contribution in [0.1, 0.15) is 41.7 Å². The van der Waals surface area contributed by atoms with Crippen molar-refractivity contribution in [3.05, 3.63) is 60.0 Å². The third-order valence-corrected chi connectivity index (χ3v) is 7.00. The number of methoxy groups -OCH3 is 1.